The van der Waals surface area contributed by atoms with Gasteiger partial charge in [-0.15, -0.1) is 0 Å². The molecule has 0 aliphatic carbocycles. The van der Waals surface area contributed by atoms with Gasteiger partial charge in [0.15, 0.2) is 0 Å². The van der Waals surface area contributed by atoms with Crippen molar-refractivity contribution in [2.45, 2.75) is 19.1 Å². The Morgan fingerprint density at radius 2 is 1.62 bits per heavy atom. The van der Waals surface area contributed by atoms with E-state index in [1.165, 1.54) is 0 Å². The van der Waals surface area contributed by atoms with Crippen molar-refractivity contribution in [2.24, 2.45) is 0 Å². The van der Waals surface area contributed by atoms with Gasteiger partial charge in [0.25, 0.3) is 0 Å². The normalized spacial score (nSPS) is 12.0. The van der Waals surface area contributed by atoms with E-state index >= 15 is 0 Å². The Balaban J connectivity index is 1.92. The lowest BCUT2D eigenvalue weighted by Crippen LogP contribution is -2.26. The van der Waals surface area contributed by atoms with Crippen LogP contribution in [0, 0.1) is 0 Å². The largest absolute Gasteiger partial charge is 0.481 e. The fraction of sp³-hybridized carbons (Fsp3) is 0.235. The number of nitrogens with one attached hydrogen (secondary N) is 1. The Hall–Kier alpha value is -2.17. The van der Waals surface area contributed by atoms with Crippen molar-refractivity contribution in [2.75, 3.05) is 6.54 Å². The van der Waals surface area contributed by atoms with Crippen molar-refractivity contribution >= 4 is 5.97 Å². The Bertz CT molecular complexity index is 566. The zero-order valence-electron chi connectivity index (χ0n) is 11.7. The maximum absolute atomic E-state index is 11.4. The van der Waals surface area contributed by atoms with E-state index in [0.717, 1.165) is 16.7 Å². The van der Waals surface area contributed by atoms with Crippen LogP contribution in [0.4, 0.5) is 0 Å². The van der Waals surface area contributed by atoms with Crippen LogP contribution >= 0.6 is 0 Å². The monoisotopic (exact) mass is 285 g/mol. The lowest BCUT2D eigenvalue weighted by molar-refractivity contribution is -0.138. The zero-order chi connectivity index (χ0) is 15.1. The number of aliphatic carboxylic acids is 1. The van der Waals surface area contributed by atoms with Crippen molar-refractivity contribution in [3.63, 3.8) is 0 Å². The molecule has 110 valence electrons. The van der Waals surface area contributed by atoms with Crippen molar-refractivity contribution in [1.29, 1.82) is 0 Å². The Morgan fingerprint density at radius 1 is 1.00 bits per heavy atom. The number of aliphatic hydroxyl groups excluding tert-OH is 1. The highest BCUT2D eigenvalue weighted by Gasteiger charge is 2.18. The summed E-state index contributed by atoms with van der Waals surface area (Å²) in [4.78, 5) is 11.4. The number of aliphatic hydroxyl groups is 1. The van der Waals surface area contributed by atoms with Gasteiger partial charge in [-0.25, -0.2) is 0 Å². The molecule has 0 fully saturated rings. The van der Waals surface area contributed by atoms with Crippen LogP contribution < -0.4 is 5.32 Å². The van der Waals surface area contributed by atoms with Gasteiger partial charge >= 0.3 is 5.97 Å². The number of rotatable bonds is 7. The van der Waals surface area contributed by atoms with E-state index in [0.29, 0.717) is 13.1 Å². The Morgan fingerprint density at radius 3 is 2.19 bits per heavy atom. The summed E-state index contributed by atoms with van der Waals surface area (Å²) in [5.74, 6) is -1.38. The minimum absolute atomic E-state index is 0.0306. The van der Waals surface area contributed by atoms with Crippen LogP contribution in [0.3, 0.4) is 0 Å². The van der Waals surface area contributed by atoms with E-state index < -0.39 is 11.9 Å². The molecular formula is C17H19NO3. The number of hydrogen-bond acceptors (Lipinski definition) is 3. The summed E-state index contributed by atoms with van der Waals surface area (Å²) < 4.78 is 0. The first kappa shape index (κ1) is 15.2. The molecule has 0 saturated heterocycles. The number of hydrogen-bond donors (Lipinski definition) is 3. The van der Waals surface area contributed by atoms with E-state index in [1.54, 1.807) is 0 Å². The third-order valence-electron chi connectivity index (χ3n) is 3.38. The molecule has 0 amide bonds. The maximum atomic E-state index is 11.4. The van der Waals surface area contributed by atoms with Crippen LogP contribution in [0.1, 0.15) is 22.6 Å². The second kappa shape index (κ2) is 7.57. The standard InChI is InChI=1S/C17H19NO3/c19-12-14-8-6-13(7-9-14)10-18-11-16(17(20)21)15-4-2-1-3-5-15/h1-9,16,18-19H,10-12H2,(H,20,21). The smallest absolute Gasteiger partial charge is 0.312 e. The van der Waals surface area contributed by atoms with Crippen molar-refractivity contribution in [3.8, 4) is 0 Å². The SMILES string of the molecule is O=C(O)C(CNCc1ccc(CO)cc1)c1ccccc1. The summed E-state index contributed by atoms with van der Waals surface area (Å²) in [5.41, 5.74) is 2.73. The predicted molar refractivity (Wildman–Crippen MR) is 80.9 cm³/mol. The van der Waals surface area contributed by atoms with Crippen LogP contribution in [0.5, 0.6) is 0 Å². The number of benzene rings is 2. The fourth-order valence-electron chi connectivity index (χ4n) is 2.16. The van der Waals surface area contributed by atoms with Gasteiger partial charge in [-0.1, -0.05) is 54.6 Å². The second-order valence-corrected chi connectivity index (χ2v) is 4.91. The quantitative estimate of drug-likeness (QED) is 0.729. The summed E-state index contributed by atoms with van der Waals surface area (Å²) in [6.07, 6.45) is 0. The average molecular weight is 285 g/mol. The highest BCUT2D eigenvalue weighted by Crippen LogP contribution is 2.15. The summed E-state index contributed by atoms with van der Waals surface area (Å²) in [7, 11) is 0. The third-order valence-corrected chi connectivity index (χ3v) is 3.38. The zero-order valence-corrected chi connectivity index (χ0v) is 11.7. The van der Waals surface area contributed by atoms with E-state index in [9.17, 15) is 9.90 Å². The van der Waals surface area contributed by atoms with Crippen molar-refractivity contribution in [1.82, 2.24) is 5.32 Å². The summed E-state index contributed by atoms with van der Waals surface area (Å²) >= 11 is 0. The predicted octanol–water partition coefficient (Wildman–Crippen LogP) is 2.14. The minimum Gasteiger partial charge on any atom is -0.481 e. The van der Waals surface area contributed by atoms with Crippen LogP contribution in [0.25, 0.3) is 0 Å². The van der Waals surface area contributed by atoms with Gasteiger partial charge in [0, 0.05) is 13.1 Å². The number of carboxylic acid groups (broad SMARTS) is 1. The third kappa shape index (κ3) is 4.41. The molecule has 0 aliphatic rings. The van der Waals surface area contributed by atoms with Crippen molar-refractivity contribution < 1.29 is 15.0 Å². The first-order valence-corrected chi connectivity index (χ1v) is 6.88. The molecular weight excluding hydrogens is 266 g/mol. The summed E-state index contributed by atoms with van der Waals surface area (Å²) in [6, 6.07) is 16.8. The topological polar surface area (TPSA) is 69.6 Å². The molecule has 1 unspecified atom stereocenters. The lowest BCUT2D eigenvalue weighted by Gasteiger charge is -2.14. The molecule has 0 aromatic heterocycles. The molecule has 2 aromatic carbocycles. The summed E-state index contributed by atoms with van der Waals surface area (Å²) in [5, 5.41) is 21.5. The van der Waals surface area contributed by atoms with Crippen LogP contribution in [-0.2, 0) is 17.9 Å². The molecule has 4 nitrogen and oxygen atoms in total. The van der Waals surface area contributed by atoms with Gasteiger partial charge in [0.2, 0.25) is 0 Å². The minimum atomic E-state index is -0.829. The van der Waals surface area contributed by atoms with Crippen LogP contribution in [0.15, 0.2) is 54.6 Å². The Labute approximate surface area is 124 Å². The molecule has 4 heteroatoms. The average Bonchev–Trinajstić information content (AvgIpc) is 2.52. The first-order valence-electron chi connectivity index (χ1n) is 6.88. The van der Waals surface area contributed by atoms with Gasteiger partial charge in [-0.3, -0.25) is 4.79 Å². The highest BCUT2D eigenvalue weighted by atomic mass is 16.4. The summed E-state index contributed by atoms with van der Waals surface area (Å²) in [6.45, 7) is 1.01. The molecule has 3 N–H and O–H groups in total. The Kier molecular flexibility index (Phi) is 5.49. The van der Waals surface area contributed by atoms with Gasteiger partial charge in [0.1, 0.15) is 0 Å². The van der Waals surface area contributed by atoms with Gasteiger partial charge in [0.05, 0.1) is 12.5 Å². The second-order valence-electron chi connectivity index (χ2n) is 4.91. The van der Waals surface area contributed by atoms with E-state index in [-0.39, 0.29) is 6.61 Å². The van der Waals surface area contributed by atoms with E-state index in [1.807, 2.05) is 54.6 Å². The van der Waals surface area contributed by atoms with Crippen molar-refractivity contribution in [3.05, 3.63) is 71.3 Å². The molecule has 1 atom stereocenters. The molecule has 0 heterocycles. The molecule has 0 radical (unpaired) electrons. The van der Waals surface area contributed by atoms with Gasteiger partial charge in [-0.2, -0.15) is 0 Å². The molecule has 0 saturated carbocycles. The highest BCUT2D eigenvalue weighted by molar-refractivity contribution is 5.76. The van der Waals surface area contributed by atoms with E-state index in [4.69, 9.17) is 5.11 Å². The maximum Gasteiger partial charge on any atom is 0.312 e. The van der Waals surface area contributed by atoms with Gasteiger partial charge < -0.3 is 15.5 Å². The molecule has 21 heavy (non-hydrogen) atoms. The number of carbonyl (C=O) groups is 1. The molecule has 2 rings (SSSR count). The van der Waals surface area contributed by atoms with E-state index in [2.05, 4.69) is 5.32 Å². The van der Waals surface area contributed by atoms with Crippen LogP contribution in [-0.4, -0.2) is 22.7 Å². The molecule has 0 bridgehead atoms. The fourth-order valence-corrected chi connectivity index (χ4v) is 2.16. The molecule has 0 spiro atoms. The number of carboxylic acids is 1. The first-order chi connectivity index (χ1) is 10.2. The lowest BCUT2D eigenvalue weighted by atomic mass is 9.99. The van der Waals surface area contributed by atoms with Crippen LogP contribution in [0.2, 0.25) is 0 Å². The van der Waals surface area contributed by atoms with Gasteiger partial charge in [-0.05, 0) is 16.7 Å². The molecule has 0 aliphatic heterocycles. The molecule has 2 aromatic rings.